The summed E-state index contributed by atoms with van der Waals surface area (Å²) >= 11 is 3.31. The molecule has 0 amide bonds. The van der Waals surface area contributed by atoms with E-state index in [2.05, 4.69) is 15.9 Å². The molecule has 78 valence electrons. The number of halogens is 3. The fourth-order valence-corrected chi connectivity index (χ4v) is 2.04. The Morgan fingerprint density at radius 1 is 1.43 bits per heavy atom. The Balaban J connectivity index is 2.84. The quantitative estimate of drug-likeness (QED) is 0.889. The zero-order chi connectivity index (χ0) is 10.7. The number of benzene rings is 1. The van der Waals surface area contributed by atoms with Crippen molar-refractivity contribution in [3.8, 4) is 0 Å². The van der Waals surface area contributed by atoms with Gasteiger partial charge >= 0.3 is 0 Å². The van der Waals surface area contributed by atoms with Crippen LogP contribution in [-0.2, 0) is 0 Å². The number of rotatable bonds is 3. The molecule has 2 N–H and O–H groups in total. The van der Waals surface area contributed by atoms with E-state index in [-0.39, 0.29) is 6.42 Å². The highest BCUT2D eigenvalue weighted by Crippen LogP contribution is 2.26. The van der Waals surface area contributed by atoms with E-state index in [4.69, 9.17) is 5.73 Å². The summed E-state index contributed by atoms with van der Waals surface area (Å²) in [7, 11) is 0. The van der Waals surface area contributed by atoms with Crippen LogP contribution in [0.3, 0.4) is 0 Å². The van der Waals surface area contributed by atoms with Crippen LogP contribution < -0.4 is 5.73 Å². The number of aryl methyl sites for hydroxylation is 1. The summed E-state index contributed by atoms with van der Waals surface area (Å²) < 4.78 is 25.0. The Morgan fingerprint density at radius 2 is 2.07 bits per heavy atom. The molecule has 0 saturated heterocycles. The Labute approximate surface area is 90.4 Å². The lowest BCUT2D eigenvalue weighted by atomic mass is 10.0. The van der Waals surface area contributed by atoms with Crippen LogP contribution in [0.4, 0.5) is 8.78 Å². The lowest BCUT2D eigenvalue weighted by Gasteiger charge is -2.13. The topological polar surface area (TPSA) is 26.0 Å². The molecule has 0 aliphatic rings. The first-order valence-electron chi connectivity index (χ1n) is 4.30. The highest BCUT2D eigenvalue weighted by Gasteiger charge is 2.14. The van der Waals surface area contributed by atoms with E-state index in [1.165, 1.54) is 0 Å². The zero-order valence-corrected chi connectivity index (χ0v) is 9.39. The van der Waals surface area contributed by atoms with Gasteiger partial charge in [-0.1, -0.05) is 28.1 Å². The first kappa shape index (κ1) is 11.6. The van der Waals surface area contributed by atoms with Crippen molar-refractivity contribution in [2.45, 2.75) is 25.8 Å². The zero-order valence-electron chi connectivity index (χ0n) is 7.81. The molecule has 0 bridgehead atoms. The summed E-state index contributed by atoms with van der Waals surface area (Å²) in [5, 5.41) is 0. The van der Waals surface area contributed by atoms with Crippen molar-refractivity contribution in [1.82, 2.24) is 0 Å². The van der Waals surface area contributed by atoms with Crippen LogP contribution in [0.1, 0.15) is 23.6 Å². The predicted molar refractivity (Wildman–Crippen MR) is 56.4 cm³/mol. The van der Waals surface area contributed by atoms with Crippen LogP contribution >= 0.6 is 15.9 Å². The van der Waals surface area contributed by atoms with Crippen LogP contribution in [0.15, 0.2) is 22.7 Å². The van der Waals surface area contributed by atoms with Crippen molar-refractivity contribution < 1.29 is 8.78 Å². The van der Waals surface area contributed by atoms with Gasteiger partial charge in [0.05, 0.1) is 0 Å². The molecule has 1 nitrogen and oxygen atoms in total. The SMILES string of the molecule is Cc1ccc([C@@H](N)CC(F)F)c(Br)c1. The molecule has 4 heteroatoms. The molecule has 0 saturated carbocycles. The van der Waals surface area contributed by atoms with Crippen molar-refractivity contribution in [3.63, 3.8) is 0 Å². The largest absolute Gasteiger partial charge is 0.324 e. The summed E-state index contributed by atoms with van der Waals surface area (Å²) in [5.74, 6) is 0. The highest BCUT2D eigenvalue weighted by atomic mass is 79.9. The molecule has 0 spiro atoms. The molecule has 0 heterocycles. The van der Waals surface area contributed by atoms with E-state index in [0.29, 0.717) is 0 Å². The van der Waals surface area contributed by atoms with Crippen molar-refractivity contribution in [2.75, 3.05) is 0 Å². The maximum absolute atomic E-state index is 12.1. The summed E-state index contributed by atoms with van der Waals surface area (Å²) in [6.45, 7) is 1.94. The van der Waals surface area contributed by atoms with E-state index in [1.54, 1.807) is 6.07 Å². The minimum absolute atomic E-state index is 0.304. The van der Waals surface area contributed by atoms with Crippen molar-refractivity contribution in [2.24, 2.45) is 5.73 Å². The van der Waals surface area contributed by atoms with E-state index >= 15 is 0 Å². The van der Waals surface area contributed by atoms with Crippen LogP contribution in [-0.4, -0.2) is 6.43 Å². The van der Waals surface area contributed by atoms with E-state index in [9.17, 15) is 8.78 Å². The molecule has 0 fully saturated rings. The summed E-state index contributed by atoms with van der Waals surface area (Å²) in [6, 6.07) is 4.92. The smallest absolute Gasteiger partial charge is 0.240 e. The maximum Gasteiger partial charge on any atom is 0.240 e. The second-order valence-electron chi connectivity index (χ2n) is 3.26. The fraction of sp³-hybridized carbons (Fsp3) is 0.400. The standard InChI is InChI=1S/C10H12BrF2N/c1-6-2-3-7(8(11)4-6)9(14)5-10(12)13/h2-4,9-10H,5,14H2,1H3/t9-/m0/s1. The molecule has 1 rings (SSSR count). The molecular weight excluding hydrogens is 252 g/mol. The molecule has 1 atom stereocenters. The summed E-state index contributed by atoms with van der Waals surface area (Å²) in [4.78, 5) is 0. The van der Waals surface area contributed by atoms with E-state index in [1.807, 2.05) is 19.1 Å². The third-order valence-corrected chi connectivity index (χ3v) is 2.67. The van der Waals surface area contributed by atoms with Gasteiger partial charge in [-0.2, -0.15) is 0 Å². The maximum atomic E-state index is 12.1. The Bertz CT molecular complexity index is 315. The molecular formula is C10H12BrF2N. The first-order valence-corrected chi connectivity index (χ1v) is 5.09. The Hall–Kier alpha value is -0.480. The summed E-state index contributed by atoms with van der Waals surface area (Å²) in [5.41, 5.74) is 7.44. The Kier molecular flexibility index (Phi) is 4.01. The monoisotopic (exact) mass is 263 g/mol. The minimum atomic E-state index is -2.36. The van der Waals surface area contributed by atoms with Gasteiger partial charge in [0, 0.05) is 16.9 Å². The van der Waals surface area contributed by atoms with E-state index in [0.717, 1.165) is 15.6 Å². The van der Waals surface area contributed by atoms with Crippen molar-refractivity contribution in [1.29, 1.82) is 0 Å². The van der Waals surface area contributed by atoms with Crippen LogP contribution in [0.2, 0.25) is 0 Å². The number of hydrogen-bond donors (Lipinski definition) is 1. The Morgan fingerprint density at radius 3 is 2.57 bits per heavy atom. The number of hydrogen-bond acceptors (Lipinski definition) is 1. The van der Waals surface area contributed by atoms with Gasteiger partial charge in [0.2, 0.25) is 6.43 Å². The van der Waals surface area contributed by atoms with Gasteiger partial charge in [0.1, 0.15) is 0 Å². The van der Waals surface area contributed by atoms with Gasteiger partial charge in [-0.15, -0.1) is 0 Å². The fourth-order valence-electron chi connectivity index (χ4n) is 1.25. The lowest BCUT2D eigenvalue weighted by molar-refractivity contribution is 0.128. The molecule has 0 radical (unpaired) electrons. The van der Waals surface area contributed by atoms with Crippen molar-refractivity contribution >= 4 is 15.9 Å². The third kappa shape index (κ3) is 3.03. The second-order valence-corrected chi connectivity index (χ2v) is 4.11. The van der Waals surface area contributed by atoms with Gasteiger partial charge in [-0.25, -0.2) is 8.78 Å². The van der Waals surface area contributed by atoms with E-state index < -0.39 is 12.5 Å². The molecule has 14 heavy (non-hydrogen) atoms. The third-order valence-electron chi connectivity index (χ3n) is 1.99. The van der Waals surface area contributed by atoms with Crippen LogP contribution in [0.25, 0.3) is 0 Å². The van der Waals surface area contributed by atoms with Crippen LogP contribution in [0, 0.1) is 6.92 Å². The predicted octanol–water partition coefficient (Wildman–Crippen LogP) is 3.41. The van der Waals surface area contributed by atoms with Gasteiger partial charge in [-0.3, -0.25) is 0 Å². The normalized spacial score (nSPS) is 13.3. The minimum Gasteiger partial charge on any atom is -0.324 e. The number of alkyl halides is 2. The molecule has 0 aromatic heterocycles. The molecule has 0 aliphatic carbocycles. The number of nitrogens with two attached hydrogens (primary N) is 1. The highest BCUT2D eigenvalue weighted by molar-refractivity contribution is 9.10. The average molecular weight is 264 g/mol. The second kappa shape index (κ2) is 4.84. The molecule has 1 aromatic rings. The van der Waals surface area contributed by atoms with Gasteiger partial charge < -0.3 is 5.73 Å². The van der Waals surface area contributed by atoms with Gasteiger partial charge in [0.15, 0.2) is 0 Å². The first-order chi connectivity index (χ1) is 6.50. The average Bonchev–Trinajstić information content (AvgIpc) is 2.01. The lowest BCUT2D eigenvalue weighted by Crippen LogP contribution is -2.14. The molecule has 1 aromatic carbocycles. The molecule has 0 unspecified atom stereocenters. The summed E-state index contributed by atoms with van der Waals surface area (Å²) in [6.07, 6.45) is -2.67. The van der Waals surface area contributed by atoms with Gasteiger partial charge in [-0.05, 0) is 24.1 Å². The van der Waals surface area contributed by atoms with Crippen LogP contribution in [0.5, 0.6) is 0 Å². The molecule has 0 aliphatic heterocycles. The van der Waals surface area contributed by atoms with Gasteiger partial charge in [0.25, 0.3) is 0 Å². The van der Waals surface area contributed by atoms with Crippen molar-refractivity contribution in [3.05, 3.63) is 33.8 Å².